The third-order valence-corrected chi connectivity index (χ3v) is 1.22. The highest BCUT2D eigenvalue weighted by molar-refractivity contribution is 5.23. The van der Waals surface area contributed by atoms with Crippen LogP contribution in [0.25, 0.3) is 0 Å². The summed E-state index contributed by atoms with van der Waals surface area (Å²) >= 11 is 0. The first-order valence-corrected chi connectivity index (χ1v) is 4.46. The van der Waals surface area contributed by atoms with Gasteiger partial charge in [-0.1, -0.05) is 13.8 Å². The molecule has 0 aromatic heterocycles. The summed E-state index contributed by atoms with van der Waals surface area (Å²) in [4.78, 5) is 0. The van der Waals surface area contributed by atoms with Crippen LogP contribution in [0.3, 0.4) is 0 Å². The Balaban J connectivity index is 0.000000791. The average molecular weight is 203 g/mol. The molecule has 0 amide bonds. The van der Waals surface area contributed by atoms with E-state index in [9.17, 15) is 8.78 Å². The average Bonchev–Trinajstić information content (AvgIpc) is 2.16. The molecule has 2 nitrogen and oxygen atoms in total. The lowest BCUT2D eigenvalue weighted by molar-refractivity contribution is 0.293. The molecule has 1 rings (SSSR count). The fourth-order valence-corrected chi connectivity index (χ4v) is 0.767. The molecule has 1 aromatic rings. The molecule has 4 heteroatoms. The zero-order valence-electron chi connectivity index (χ0n) is 8.60. The second-order valence-corrected chi connectivity index (χ2v) is 2.25. The topological polar surface area (TPSA) is 21.3 Å². The first kappa shape index (κ1) is 12.8. The van der Waals surface area contributed by atoms with Crippen molar-refractivity contribution in [3.05, 3.63) is 29.8 Å². The van der Waals surface area contributed by atoms with Crippen molar-refractivity contribution in [2.75, 3.05) is 13.8 Å². The SMILES string of the molecule is CC.CNCOc1cc(F)cc(F)c1. The molecule has 0 aliphatic carbocycles. The Labute approximate surface area is 82.9 Å². The predicted octanol–water partition coefficient (Wildman–Crippen LogP) is 2.55. The highest BCUT2D eigenvalue weighted by Crippen LogP contribution is 2.14. The molecule has 1 N–H and O–H groups in total. The van der Waals surface area contributed by atoms with Gasteiger partial charge < -0.3 is 4.74 Å². The first-order chi connectivity index (χ1) is 6.72. The van der Waals surface area contributed by atoms with E-state index in [0.29, 0.717) is 0 Å². The standard InChI is InChI=1S/C8H9F2NO.C2H6/c1-11-5-12-8-3-6(9)2-7(10)4-8;1-2/h2-4,11H,5H2,1H3;1-2H3. The third-order valence-electron chi connectivity index (χ3n) is 1.22. The van der Waals surface area contributed by atoms with Gasteiger partial charge in [-0.05, 0) is 7.05 Å². The molecule has 0 aliphatic rings. The Morgan fingerprint density at radius 3 is 2.07 bits per heavy atom. The van der Waals surface area contributed by atoms with Gasteiger partial charge in [-0.15, -0.1) is 0 Å². The number of ether oxygens (including phenoxy) is 1. The molecule has 14 heavy (non-hydrogen) atoms. The van der Waals surface area contributed by atoms with Gasteiger partial charge in [0, 0.05) is 18.2 Å². The molecule has 0 heterocycles. The van der Waals surface area contributed by atoms with Gasteiger partial charge in [0.1, 0.15) is 24.1 Å². The molecule has 0 aliphatic heterocycles. The van der Waals surface area contributed by atoms with Crippen LogP contribution in [0.1, 0.15) is 13.8 Å². The van der Waals surface area contributed by atoms with Crippen LogP contribution in [-0.2, 0) is 0 Å². The molecule has 0 unspecified atom stereocenters. The fraction of sp³-hybridized carbons (Fsp3) is 0.400. The minimum absolute atomic E-state index is 0.182. The molecule has 0 radical (unpaired) electrons. The summed E-state index contributed by atoms with van der Waals surface area (Å²) in [6.45, 7) is 4.23. The molecule has 0 bridgehead atoms. The van der Waals surface area contributed by atoms with E-state index in [1.54, 1.807) is 7.05 Å². The fourth-order valence-electron chi connectivity index (χ4n) is 0.767. The van der Waals surface area contributed by atoms with Gasteiger partial charge >= 0.3 is 0 Å². The number of benzene rings is 1. The van der Waals surface area contributed by atoms with E-state index in [-0.39, 0.29) is 12.5 Å². The van der Waals surface area contributed by atoms with Crippen molar-refractivity contribution in [3.8, 4) is 5.75 Å². The highest BCUT2D eigenvalue weighted by Gasteiger charge is 1.99. The van der Waals surface area contributed by atoms with Gasteiger partial charge in [-0.3, -0.25) is 5.32 Å². The molecule has 0 spiro atoms. The summed E-state index contributed by atoms with van der Waals surface area (Å²) in [6, 6.07) is 3.05. The van der Waals surface area contributed by atoms with E-state index in [4.69, 9.17) is 4.74 Å². The van der Waals surface area contributed by atoms with E-state index >= 15 is 0 Å². The van der Waals surface area contributed by atoms with Crippen LogP contribution in [-0.4, -0.2) is 13.8 Å². The van der Waals surface area contributed by atoms with E-state index in [1.807, 2.05) is 13.8 Å². The van der Waals surface area contributed by atoms with Crippen LogP contribution in [0.4, 0.5) is 8.78 Å². The largest absolute Gasteiger partial charge is 0.478 e. The smallest absolute Gasteiger partial charge is 0.139 e. The van der Waals surface area contributed by atoms with Gasteiger partial charge in [0.15, 0.2) is 0 Å². The van der Waals surface area contributed by atoms with Crippen LogP contribution < -0.4 is 10.1 Å². The summed E-state index contributed by atoms with van der Waals surface area (Å²) in [5.41, 5.74) is 0. The Hall–Kier alpha value is -1.16. The van der Waals surface area contributed by atoms with Crippen molar-refractivity contribution in [3.63, 3.8) is 0 Å². The van der Waals surface area contributed by atoms with E-state index in [0.717, 1.165) is 18.2 Å². The van der Waals surface area contributed by atoms with Crippen molar-refractivity contribution in [2.24, 2.45) is 0 Å². The van der Waals surface area contributed by atoms with Crippen LogP contribution in [0.5, 0.6) is 5.75 Å². The third kappa shape index (κ3) is 4.77. The summed E-state index contributed by atoms with van der Waals surface area (Å²) < 4.78 is 30.0. The number of rotatable bonds is 3. The number of nitrogens with one attached hydrogen (secondary N) is 1. The number of hydrogen-bond acceptors (Lipinski definition) is 2. The summed E-state index contributed by atoms with van der Waals surface area (Å²) in [7, 11) is 1.68. The molecule has 0 saturated heterocycles. The molecule has 0 fully saturated rings. The Bertz CT molecular complexity index is 246. The van der Waals surface area contributed by atoms with Gasteiger partial charge in [0.05, 0.1) is 0 Å². The second-order valence-electron chi connectivity index (χ2n) is 2.25. The van der Waals surface area contributed by atoms with E-state index in [1.165, 1.54) is 0 Å². The Morgan fingerprint density at radius 2 is 1.64 bits per heavy atom. The van der Waals surface area contributed by atoms with E-state index in [2.05, 4.69) is 5.32 Å². The highest BCUT2D eigenvalue weighted by atomic mass is 19.1. The van der Waals surface area contributed by atoms with Gasteiger partial charge in [0.2, 0.25) is 0 Å². The Morgan fingerprint density at radius 1 is 1.14 bits per heavy atom. The molecule has 1 aromatic carbocycles. The Kier molecular flexibility index (Phi) is 6.66. The molecule has 0 atom stereocenters. The van der Waals surface area contributed by atoms with Crippen molar-refractivity contribution >= 4 is 0 Å². The van der Waals surface area contributed by atoms with Crippen LogP contribution in [0.15, 0.2) is 18.2 Å². The summed E-state index contributed by atoms with van der Waals surface area (Å²) in [5.74, 6) is -1.09. The lowest BCUT2D eigenvalue weighted by Gasteiger charge is -2.04. The van der Waals surface area contributed by atoms with E-state index < -0.39 is 11.6 Å². The van der Waals surface area contributed by atoms with Gasteiger partial charge in [0.25, 0.3) is 0 Å². The normalized spacial score (nSPS) is 8.93. The van der Waals surface area contributed by atoms with Crippen molar-refractivity contribution < 1.29 is 13.5 Å². The zero-order valence-corrected chi connectivity index (χ0v) is 8.60. The van der Waals surface area contributed by atoms with Crippen LogP contribution in [0.2, 0.25) is 0 Å². The molecule has 0 saturated carbocycles. The lowest BCUT2D eigenvalue weighted by Crippen LogP contribution is -2.14. The number of hydrogen-bond donors (Lipinski definition) is 1. The summed E-state index contributed by atoms with van der Waals surface area (Å²) in [6.07, 6.45) is 0. The van der Waals surface area contributed by atoms with Crippen LogP contribution >= 0.6 is 0 Å². The molecular weight excluding hydrogens is 188 g/mol. The molecular formula is C10H15F2NO. The number of halogens is 2. The first-order valence-electron chi connectivity index (χ1n) is 4.46. The zero-order chi connectivity index (χ0) is 11.0. The molecule has 80 valence electrons. The minimum Gasteiger partial charge on any atom is -0.478 e. The van der Waals surface area contributed by atoms with Crippen LogP contribution in [0, 0.1) is 11.6 Å². The van der Waals surface area contributed by atoms with Crippen molar-refractivity contribution in [1.29, 1.82) is 0 Å². The lowest BCUT2D eigenvalue weighted by atomic mass is 10.3. The summed E-state index contributed by atoms with van der Waals surface area (Å²) in [5, 5.41) is 2.69. The van der Waals surface area contributed by atoms with Gasteiger partial charge in [-0.2, -0.15) is 0 Å². The van der Waals surface area contributed by atoms with Crippen molar-refractivity contribution in [2.45, 2.75) is 13.8 Å². The minimum atomic E-state index is -0.638. The maximum Gasteiger partial charge on any atom is 0.139 e. The predicted molar refractivity (Wildman–Crippen MR) is 52.3 cm³/mol. The monoisotopic (exact) mass is 203 g/mol. The van der Waals surface area contributed by atoms with Crippen molar-refractivity contribution in [1.82, 2.24) is 5.32 Å². The second kappa shape index (κ2) is 7.26. The maximum atomic E-state index is 12.5. The maximum absolute atomic E-state index is 12.5. The quantitative estimate of drug-likeness (QED) is 0.762. The van der Waals surface area contributed by atoms with Gasteiger partial charge in [-0.25, -0.2) is 8.78 Å².